The van der Waals surface area contributed by atoms with E-state index in [-0.39, 0.29) is 5.91 Å². The molecule has 0 radical (unpaired) electrons. The van der Waals surface area contributed by atoms with Gasteiger partial charge in [-0.15, -0.1) is 0 Å². The minimum Gasteiger partial charge on any atom is -0.317 e. The number of rotatable bonds is 5. The third-order valence-electron chi connectivity index (χ3n) is 3.82. The zero-order chi connectivity index (χ0) is 17.1. The van der Waals surface area contributed by atoms with Gasteiger partial charge < -0.3 is 10.2 Å². The fraction of sp³-hybridized carbons (Fsp3) is 0.278. The normalized spacial score (nSPS) is 11.2. The van der Waals surface area contributed by atoms with Crippen LogP contribution in [-0.2, 0) is 6.42 Å². The highest BCUT2D eigenvalue weighted by atomic mass is 16.1. The molecule has 0 unspecified atom stereocenters. The second-order valence-corrected chi connectivity index (χ2v) is 6.10. The van der Waals surface area contributed by atoms with Crippen LogP contribution in [0.2, 0.25) is 0 Å². The number of hydrogen-bond acceptors (Lipinski definition) is 4. The molecule has 0 fully saturated rings. The molecule has 2 aromatic heterocycles. The van der Waals surface area contributed by atoms with E-state index in [1.54, 1.807) is 10.7 Å². The summed E-state index contributed by atoms with van der Waals surface area (Å²) in [5.74, 6) is -0.160. The largest absolute Gasteiger partial charge is 0.317 e. The van der Waals surface area contributed by atoms with Crippen LogP contribution in [0.4, 0.5) is 5.69 Å². The van der Waals surface area contributed by atoms with Crippen molar-refractivity contribution >= 4 is 17.2 Å². The molecule has 6 heteroatoms. The summed E-state index contributed by atoms with van der Waals surface area (Å²) in [5.41, 5.74) is 3.97. The molecule has 0 aliphatic carbocycles. The summed E-state index contributed by atoms with van der Waals surface area (Å²) in [4.78, 5) is 19.0. The summed E-state index contributed by atoms with van der Waals surface area (Å²) >= 11 is 0. The van der Waals surface area contributed by atoms with E-state index in [0.29, 0.717) is 16.9 Å². The minimum atomic E-state index is -0.160. The van der Waals surface area contributed by atoms with Gasteiger partial charge in [-0.2, -0.15) is 5.10 Å². The predicted octanol–water partition coefficient (Wildman–Crippen LogP) is 2.39. The molecule has 124 valence electrons. The highest BCUT2D eigenvalue weighted by molar-refractivity contribution is 6.05. The Morgan fingerprint density at radius 3 is 2.67 bits per heavy atom. The Balaban J connectivity index is 1.73. The van der Waals surface area contributed by atoms with Crippen molar-refractivity contribution in [3.8, 4) is 0 Å². The number of nitrogens with one attached hydrogen (secondary N) is 1. The molecule has 0 aliphatic rings. The first kappa shape index (κ1) is 16.1. The molecule has 0 spiro atoms. The van der Waals surface area contributed by atoms with Crippen molar-refractivity contribution in [2.24, 2.45) is 0 Å². The van der Waals surface area contributed by atoms with Gasteiger partial charge in [0.2, 0.25) is 0 Å². The van der Waals surface area contributed by atoms with E-state index in [4.69, 9.17) is 0 Å². The van der Waals surface area contributed by atoms with Crippen molar-refractivity contribution in [3.63, 3.8) is 0 Å². The van der Waals surface area contributed by atoms with Gasteiger partial charge in [0.15, 0.2) is 5.65 Å². The number of benzene rings is 1. The highest BCUT2D eigenvalue weighted by Crippen LogP contribution is 2.16. The van der Waals surface area contributed by atoms with Crippen molar-refractivity contribution in [1.29, 1.82) is 0 Å². The number of likely N-dealkylation sites (N-methyl/N-ethyl adjacent to an activating group) is 1. The summed E-state index contributed by atoms with van der Waals surface area (Å²) in [7, 11) is 4.10. The van der Waals surface area contributed by atoms with Crippen LogP contribution in [0.1, 0.15) is 21.6 Å². The molecule has 0 saturated carbocycles. The molecule has 0 atom stereocenters. The number of amides is 1. The fourth-order valence-electron chi connectivity index (χ4n) is 2.42. The molecule has 0 bridgehead atoms. The van der Waals surface area contributed by atoms with Gasteiger partial charge in [0.1, 0.15) is 5.69 Å². The number of nitrogens with zero attached hydrogens (tertiary/aromatic N) is 4. The fourth-order valence-corrected chi connectivity index (χ4v) is 2.42. The molecular weight excluding hydrogens is 302 g/mol. The number of carbonyl (C=O) groups excluding carboxylic acids is 1. The lowest BCUT2D eigenvalue weighted by molar-refractivity contribution is 0.102. The van der Waals surface area contributed by atoms with Crippen molar-refractivity contribution in [2.75, 3.05) is 26.0 Å². The molecule has 2 heterocycles. The van der Waals surface area contributed by atoms with Crippen LogP contribution < -0.4 is 5.32 Å². The van der Waals surface area contributed by atoms with Gasteiger partial charge in [0.25, 0.3) is 5.91 Å². The molecule has 6 nitrogen and oxygen atoms in total. The maximum absolute atomic E-state index is 12.4. The van der Waals surface area contributed by atoms with Crippen LogP contribution in [0.25, 0.3) is 5.65 Å². The molecule has 3 rings (SSSR count). The second kappa shape index (κ2) is 6.80. The smallest absolute Gasteiger partial charge is 0.255 e. The molecule has 3 aromatic rings. The molecule has 1 amide bonds. The maximum atomic E-state index is 12.4. The summed E-state index contributed by atoms with van der Waals surface area (Å²) in [6.45, 7) is 2.89. The minimum absolute atomic E-state index is 0.160. The number of aromatic nitrogens is 3. The highest BCUT2D eigenvalue weighted by Gasteiger charge is 2.11. The number of fused-ring (bicyclic) bond motifs is 1. The molecular formula is C18H21N5O. The Kier molecular flexibility index (Phi) is 4.57. The Morgan fingerprint density at radius 2 is 1.96 bits per heavy atom. The first-order valence-corrected chi connectivity index (χ1v) is 7.89. The lowest BCUT2D eigenvalue weighted by atomic mass is 10.1. The van der Waals surface area contributed by atoms with Crippen molar-refractivity contribution < 1.29 is 4.79 Å². The van der Waals surface area contributed by atoms with E-state index in [0.717, 1.165) is 18.7 Å². The third-order valence-corrected chi connectivity index (χ3v) is 3.82. The zero-order valence-electron chi connectivity index (χ0n) is 14.2. The lowest BCUT2D eigenvalue weighted by Crippen LogP contribution is -2.15. The summed E-state index contributed by atoms with van der Waals surface area (Å²) in [6, 6.07) is 9.57. The van der Waals surface area contributed by atoms with Crippen LogP contribution in [0.15, 0.2) is 42.7 Å². The third kappa shape index (κ3) is 3.60. The number of anilines is 1. The Labute approximate surface area is 141 Å². The Morgan fingerprint density at radius 1 is 1.21 bits per heavy atom. The van der Waals surface area contributed by atoms with Gasteiger partial charge in [-0.05, 0) is 51.2 Å². The van der Waals surface area contributed by atoms with Crippen LogP contribution in [-0.4, -0.2) is 46.0 Å². The second-order valence-electron chi connectivity index (χ2n) is 6.10. The van der Waals surface area contributed by atoms with E-state index in [2.05, 4.69) is 20.3 Å². The SMILES string of the molecule is Cc1ccn2ncc(NC(=O)c3ccc(CCN(C)C)cc3)c2n1. The van der Waals surface area contributed by atoms with E-state index in [9.17, 15) is 4.79 Å². The molecule has 0 saturated heterocycles. The van der Waals surface area contributed by atoms with Gasteiger partial charge in [-0.25, -0.2) is 9.50 Å². The monoisotopic (exact) mass is 323 g/mol. The summed E-state index contributed by atoms with van der Waals surface area (Å²) in [5, 5.41) is 7.08. The molecule has 1 N–H and O–H groups in total. The molecule has 24 heavy (non-hydrogen) atoms. The van der Waals surface area contributed by atoms with Gasteiger partial charge in [0, 0.05) is 24.0 Å². The average Bonchev–Trinajstić information content (AvgIpc) is 2.95. The average molecular weight is 323 g/mol. The van der Waals surface area contributed by atoms with E-state index in [1.807, 2.05) is 57.5 Å². The van der Waals surface area contributed by atoms with Crippen molar-refractivity contribution in [3.05, 3.63) is 59.5 Å². The first-order chi connectivity index (χ1) is 11.5. The van der Waals surface area contributed by atoms with Gasteiger partial charge in [-0.3, -0.25) is 4.79 Å². The van der Waals surface area contributed by atoms with Crippen LogP contribution >= 0.6 is 0 Å². The van der Waals surface area contributed by atoms with Gasteiger partial charge >= 0.3 is 0 Å². The van der Waals surface area contributed by atoms with Gasteiger partial charge in [0.05, 0.1) is 6.20 Å². The zero-order valence-corrected chi connectivity index (χ0v) is 14.2. The Hall–Kier alpha value is -2.73. The molecule has 1 aromatic carbocycles. The van der Waals surface area contributed by atoms with Crippen LogP contribution in [0.3, 0.4) is 0 Å². The van der Waals surface area contributed by atoms with Crippen molar-refractivity contribution in [2.45, 2.75) is 13.3 Å². The first-order valence-electron chi connectivity index (χ1n) is 7.89. The maximum Gasteiger partial charge on any atom is 0.255 e. The Bertz CT molecular complexity index is 851. The lowest BCUT2D eigenvalue weighted by Gasteiger charge is -2.09. The van der Waals surface area contributed by atoms with E-state index < -0.39 is 0 Å². The van der Waals surface area contributed by atoms with Gasteiger partial charge in [-0.1, -0.05) is 12.1 Å². The van der Waals surface area contributed by atoms with Crippen molar-refractivity contribution in [1.82, 2.24) is 19.5 Å². The quantitative estimate of drug-likeness (QED) is 0.783. The summed E-state index contributed by atoms with van der Waals surface area (Å²) < 4.78 is 1.65. The number of carbonyl (C=O) groups is 1. The standard InChI is InChI=1S/C18H21N5O/c1-13-8-11-23-17(20-13)16(12-19-23)21-18(24)15-6-4-14(5-7-15)9-10-22(2)3/h4-8,11-12H,9-10H2,1-3H3,(H,21,24). The number of aryl methyl sites for hydroxylation is 1. The molecule has 0 aliphatic heterocycles. The van der Waals surface area contributed by atoms with Crippen LogP contribution in [0, 0.1) is 6.92 Å². The van der Waals surface area contributed by atoms with E-state index in [1.165, 1.54) is 5.56 Å². The van der Waals surface area contributed by atoms with Crippen LogP contribution in [0.5, 0.6) is 0 Å². The number of hydrogen-bond donors (Lipinski definition) is 1. The topological polar surface area (TPSA) is 62.5 Å². The van der Waals surface area contributed by atoms with E-state index >= 15 is 0 Å². The predicted molar refractivity (Wildman–Crippen MR) is 94.4 cm³/mol. The summed E-state index contributed by atoms with van der Waals surface area (Å²) in [6.07, 6.45) is 4.41.